The van der Waals surface area contributed by atoms with Gasteiger partial charge in [-0.1, -0.05) is 0 Å². The normalized spacial score (nSPS) is 10.2. The average molecular weight is 339 g/mol. The lowest BCUT2D eigenvalue weighted by atomic mass is 10.3. The van der Waals surface area contributed by atoms with Crippen LogP contribution < -0.4 is 20.7 Å². The average Bonchev–Trinajstić information content (AvgIpc) is 2.40. The fourth-order valence-corrected chi connectivity index (χ4v) is 1.83. The number of nitrogens with zero attached hydrogens (tertiary/aromatic N) is 4. The van der Waals surface area contributed by atoms with E-state index in [0.29, 0.717) is 11.9 Å². The molecule has 0 fully saturated rings. The fourth-order valence-electron chi connectivity index (χ4n) is 1.48. The maximum atomic E-state index is 5.68. The highest BCUT2D eigenvalue weighted by Gasteiger charge is 2.08. The van der Waals surface area contributed by atoms with Gasteiger partial charge < -0.3 is 20.7 Å². The van der Waals surface area contributed by atoms with Crippen LogP contribution in [0.3, 0.4) is 0 Å². The number of aromatic nitrogens is 3. The largest absolute Gasteiger partial charge is 0.497 e. The predicted molar refractivity (Wildman–Crippen MR) is 82.5 cm³/mol. The summed E-state index contributed by atoms with van der Waals surface area (Å²) in [5, 5.41) is 3.09. The van der Waals surface area contributed by atoms with Crippen molar-refractivity contribution >= 4 is 39.5 Å². The van der Waals surface area contributed by atoms with Crippen molar-refractivity contribution in [3.05, 3.63) is 22.7 Å². The summed E-state index contributed by atoms with van der Waals surface area (Å²) in [7, 11) is 5.28. The van der Waals surface area contributed by atoms with Gasteiger partial charge in [0.15, 0.2) is 0 Å². The van der Waals surface area contributed by atoms with E-state index in [-0.39, 0.29) is 5.95 Å². The molecule has 0 bridgehead atoms. The van der Waals surface area contributed by atoms with Crippen molar-refractivity contribution in [3.63, 3.8) is 0 Å². The minimum atomic E-state index is 0.158. The van der Waals surface area contributed by atoms with Gasteiger partial charge in [0, 0.05) is 24.6 Å². The van der Waals surface area contributed by atoms with Crippen LogP contribution in [0.15, 0.2) is 22.7 Å². The van der Waals surface area contributed by atoms with Gasteiger partial charge in [0.1, 0.15) is 5.75 Å². The van der Waals surface area contributed by atoms with Crippen molar-refractivity contribution in [2.24, 2.45) is 0 Å². The molecule has 0 saturated heterocycles. The second kappa shape index (κ2) is 5.91. The van der Waals surface area contributed by atoms with Crippen LogP contribution in [-0.2, 0) is 0 Å². The van der Waals surface area contributed by atoms with Crippen molar-refractivity contribution in [2.45, 2.75) is 0 Å². The smallest absolute Gasteiger partial charge is 0.233 e. The van der Waals surface area contributed by atoms with Gasteiger partial charge >= 0.3 is 0 Å². The molecule has 0 atom stereocenters. The molecule has 8 heteroatoms. The van der Waals surface area contributed by atoms with Crippen LogP contribution in [0, 0.1) is 0 Å². The second-order valence-electron chi connectivity index (χ2n) is 4.18. The summed E-state index contributed by atoms with van der Waals surface area (Å²) in [5.41, 5.74) is 6.46. The van der Waals surface area contributed by atoms with E-state index in [2.05, 4.69) is 36.2 Å². The highest BCUT2D eigenvalue weighted by molar-refractivity contribution is 9.10. The van der Waals surface area contributed by atoms with E-state index in [1.165, 1.54) is 0 Å². The van der Waals surface area contributed by atoms with Gasteiger partial charge in [0.25, 0.3) is 0 Å². The first-order valence-electron chi connectivity index (χ1n) is 5.79. The molecule has 0 radical (unpaired) electrons. The van der Waals surface area contributed by atoms with Crippen LogP contribution in [0.4, 0.5) is 23.5 Å². The number of nitrogen functional groups attached to an aromatic ring is 1. The van der Waals surface area contributed by atoms with Crippen LogP contribution in [0.2, 0.25) is 0 Å². The van der Waals surface area contributed by atoms with Gasteiger partial charge in [-0.15, -0.1) is 0 Å². The fraction of sp³-hybridized carbons (Fsp3) is 0.250. The Bertz CT molecular complexity index is 619. The molecule has 0 aliphatic heterocycles. The Hall–Kier alpha value is -2.09. The summed E-state index contributed by atoms with van der Waals surface area (Å²) in [4.78, 5) is 14.1. The molecule has 20 heavy (non-hydrogen) atoms. The number of anilines is 4. The van der Waals surface area contributed by atoms with Crippen LogP contribution in [0.1, 0.15) is 0 Å². The molecule has 0 aliphatic rings. The Balaban J connectivity index is 2.34. The quantitative estimate of drug-likeness (QED) is 0.881. The number of nitrogens with one attached hydrogen (secondary N) is 1. The first-order valence-corrected chi connectivity index (χ1v) is 6.58. The Morgan fingerprint density at radius 2 is 2.00 bits per heavy atom. The van der Waals surface area contributed by atoms with Crippen LogP contribution in [0.25, 0.3) is 0 Å². The maximum Gasteiger partial charge on any atom is 0.233 e. The van der Waals surface area contributed by atoms with E-state index in [4.69, 9.17) is 10.5 Å². The molecule has 1 aromatic heterocycles. The summed E-state index contributed by atoms with van der Waals surface area (Å²) in [5.74, 6) is 1.74. The van der Waals surface area contributed by atoms with Crippen LogP contribution in [0.5, 0.6) is 5.75 Å². The molecule has 1 heterocycles. The van der Waals surface area contributed by atoms with Crippen molar-refractivity contribution in [1.82, 2.24) is 15.0 Å². The second-order valence-corrected chi connectivity index (χ2v) is 5.04. The third-order valence-corrected chi connectivity index (χ3v) is 3.15. The molecule has 0 saturated carbocycles. The molecular weight excluding hydrogens is 324 g/mol. The van der Waals surface area contributed by atoms with E-state index in [0.717, 1.165) is 15.9 Å². The number of rotatable bonds is 4. The molecule has 2 rings (SSSR count). The summed E-state index contributed by atoms with van der Waals surface area (Å²) in [6.07, 6.45) is 0. The predicted octanol–water partition coefficient (Wildman–Crippen LogP) is 2.03. The number of hydrogen-bond acceptors (Lipinski definition) is 7. The highest BCUT2D eigenvalue weighted by atomic mass is 79.9. The van der Waals surface area contributed by atoms with Gasteiger partial charge in [0.05, 0.1) is 12.8 Å². The minimum absolute atomic E-state index is 0.158. The van der Waals surface area contributed by atoms with E-state index >= 15 is 0 Å². The molecule has 0 unspecified atom stereocenters. The van der Waals surface area contributed by atoms with Gasteiger partial charge in [-0.3, -0.25) is 0 Å². The number of methoxy groups -OCH3 is 1. The monoisotopic (exact) mass is 338 g/mol. The van der Waals surface area contributed by atoms with E-state index in [1.807, 2.05) is 32.3 Å². The maximum absolute atomic E-state index is 5.68. The van der Waals surface area contributed by atoms with Crippen molar-refractivity contribution in [3.8, 4) is 5.75 Å². The highest BCUT2D eigenvalue weighted by Crippen LogP contribution is 2.29. The molecule has 7 nitrogen and oxygen atoms in total. The van der Waals surface area contributed by atoms with Gasteiger partial charge in [0.2, 0.25) is 17.8 Å². The Morgan fingerprint density at radius 1 is 1.25 bits per heavy atom. The zero-order valence-electron chi connectivity index (χ0n) is 11.4. The molecular formula is C12H15BrN6O. The summed E-state index contributed by atoms with van der Waals surface area (Å²) in [6.45, 7) is 0. The third-order valence-electron chi connectivity index (χ3n) is 2.46. The van der Waals surface area contributed by atoms with E-state index in [1.54, 1.807) is 12.0 Å². The lowest BCUT2D eigenvalue weighted by molar-refractivity contribution is 0.415. The Kier molecular flexibility index (Phi) is 4.23. The first kappa shape index (κ1) is 14.3. The Labute approximate surface area is 125 Å². The number of halogens is 1. The standard InChI is InChI=1S/C12H15BrN6O/c1-19(2)12-17-10(14)16-11(18-12)15-9-6-7(20-3)4-5-8(9)13/h4-6H,1-3H3,(H3,14,15,16,17,18). The topological polar surface area (TPSA) is 89.2 Å². The summed E-state index contributed by atoms with van der Waals surface area (Å²) >= 11 is 3.45. The number of nitrogens with two attached hydrogens (primary N) is 1. The van der Waals surface area contributed by atoms with E-state index < -0.39 is 0 Å². The summed E-state index contributed by atoms with van der Waals surface area (Å²) in [6, 6.07) is 5.56. The van der Waals surface area contributed by atoms with Crippen molar-refractivity contribution in [1.29, 1.82) is 0 Å². The van der Waals surface area contributed by atoms with Gasteiger partial charge in [-0.2, -0.15) is 15.0 Å². The third kappa shape index (κ3) is 3.27. The van der Waals surface area contributed by atoms with Crippen LogP contribution in [-0.4, -0.2) is 36.2 Å². The lowest BCUT2D eigenvalue weighted by Gasteiger charge is -2.13. The number of hydrogen-bond donors (Lipinski definition) is 2. The molecule has 1 aromatic carbocycles. The van der Waals surface area contributed by atoms with E-state index in [9.17, 15) is 0 Å². The Morgan fingerprint density at radius 3 is 2.65 bits per heavy atom. The van der Waals surface area contributed by atoms with Gasteiger partial charge in [-0.05, 0) is 28.1 Å². The van der Waals surface area contributed by atoms with Crippen LogP contribution >= 0.6 is 15.9 Å². The first-order chi connectivity index (χ1) is 9.49. The minimum Gasteiger partial charge on any atom is -0.497 e. The van der Waals surface area contributed by atoms with Gasteiger partial charge in [-0.25, -0.2) is 0 Å². The van der Waals surface area contributed by atoms with Crippen molar-refractivity contribution in [2.75, 3.05) is 37.2 Å². The number of ether oxygens (including phenoxy) is 1. The lowest BCUT2D eigenvalue weighted by Crippen LogP contribution is -2.15. The SMILES string of the molecule is COc1ccc(Br)c(Nc2nc(N)nc(N(C)C)n2)c1. The molecule has 0 spiro atoms. The molecule has 106 valence electrons. The summed E-state index contributed by atoms with van der Waals surface area (Å²) < 4.78 is 6.05. The number of benzene rings is 1. The van der Waals surface area contributed by atoms with Crippen molar-refractivity contribution < 1.29 is 4.74 Å². The zero-order valence-corrected chi connectivity index (χ0v) is 13.0. The molecule has 2 aromatic rings. The molecule has 0 aliphatic carbocycles. The zero-order chi connectivity index (χ0) is 14.7. The molecule has 0 amide bonds. The molecule has 3 N–H and O–H groups in total.